The maximum atomic E-state index is 12.8. The van der Waals surface area contributed by atoms with Gasteiger partial charge >= 0.3 is 0 Å². The molecular formula is C21H19N3O2. The normalized spacial score (nSPS) is 10.4. The molecule has 0 aliphatic heterocycles. The molecule has 3 rings (SSSR count). The van der Waals surface area contributed by atoms with E-state index in [0.29, 0.717) is 33.8 Å². The highest BCUT2D eigenvalue weighted by molar-refractivity contribution is 6.12. The summed E-state index contributed by atoms with van der Waals surface area (Å²) in [5.74, 6) is -0.350. The zero-order valence-corrected chi connectivity index (χ0v) is 14.6. The molecule has 3 aromatic rings. The molecule has 0 unspecified atom stereocenters. The minimum absolute atomic E-state index is 0.120. The van der Waals surface area contributed by atoms with Gasteiger partial charge in [0, 0.05) is 30.1 Å². The summed E-state index contributed by atoms with van der Waals surface area (Å²) in [6, 6.07) is 17.4. The van der Waals surface area contributed by atoms with Crippen molar-refractivity contribution >= 4 is 23.1 Å². The third-order valence-corrected chi connectivity index (χ3v) is 4.23. The van der Waals surface area contributed by atoms with Crippen molar-refractivity contribution < 1.29 is 9.59 Å². The number of amides is 1. The number of ketones is 1. The van der Waals surface area contributed by atoms with Crippen LogP contribution in [-0.2, 0) is 0 Å². The van der Waals surface area contributed by atoms with Crippen LogP contribution in [0.4, 0.5) is 11.4 Å². The van der Waals surface area contributed by atoms with Gasteiger partial charge in [0.1, 0.15) is 0 Å². The van der Waals surface area contributed by atoms with Crippen molar-refractivity contribution in [2.45, 2.75) is 6.92 Å². The summed E-state index contributed by atoms with van der Waals surface area (Å²) in [7, 11) is 1.64. The van der Waals surface area contributed by atoms with Gasteiger partial charge in [-0.25, -0.2) is 0 Å². The average molecular weight is 345 g/mol. The largest absolute Gasteiger partial charge is 0.397 e. The molecule has 5 heteroatoms. The molecule has 26 heavy (non-hydrogen) atoms. The van der Waals surface area contributed by atoms with Crippen molar-refractivity contribution in [2.75, 3.05) is 17.7 Å². The van der Waals surface area contributed by atoms with Crippen molar-refractivity contribution in [1.29, 1.82) is 0 Å². The first-order valence-corrected chi connectivity index (χ1v) is 8.18. The van der Waals surface area contributed by atoms with Crippen molar-refractivity contribution in [3.63, 3.8) is 0 Å². The molecule has 1 heterocycles. The molecule has 5 nitrogen and oxygen atoms in total. The SMILES string of the molecule is Cc1ncccc1C(=O)N(C)c1cc(C(=O)c2ccccc2)ccc1N. The van der Waals surface area contributed by atoms with E-state index in [1.54, 1.807) is 62.6 Å². The molecule has 2 N–H and O–H groups in total. The van der Waals surface area contributed by atoms with E-state index in [0.717, 1.165) is 0 Å². The van der Waals surface area contributed by atoms with Crippen LogP contribution in [0, 0.1) is 6.92 Å². The van der Waals surface area contributed by atoms with Gasteiger partial charge in [0.05, 0.1) is 16.9 Å². The maximum absolute atomic E-state index is 12.8. The zero-order chi connectivity index (χ0) is 18.7. The van der Waals surface area contributed by atoms with Gasteiger partial charge in [0.2, 0.25) is 0 Å². The molecule has 0 saturated carbocycles. The Morgan fingerprint density at radius 1 is 0.962 bits per heavy atom. The number of nitrogens with two attached hydrogens (primary N) is 1. The van der Waals surface area contributed by atoms with Gasteiger partial charge < -0.3 is 10.6 Å². The highest BCUT2D eigenvalue weighted by atomic mass is 16.2. The van der Waals surface area contributed by atoms with Crippen LogP contribution in [0.2, 0.25) is 0 Å². The fourth-order valence-electron chi connectivity index (χ4n) is 2.73. The number of anilines is 2. The average Bonchev–Trinajstić information content (AvgIpc) is 2.68. The Balaban J connectivity index is 1.96. The third-order valence-electron chi connectivity index (χ3n) is 4.23. The molecule has 0 spiro atoms. The first-order chi connectivity index (χ1) is 12.5. The highest BCUT2D eigenvalue weighted by Gasteiger charge is 2.19. The van der Waals surface area contributed by atoms with Crippen LogP contribution in [0.15, 0.2) is 66.9 Å². The molecule has 0 bridgehead atoms. The predicted molar refractivity (Wildman–Crippen MR) is 102 cm³/mol. The minimum atomic E-state index is -0.230. The molecule has 1 amide bonds. The first kappa shape index (κ1) is 17.4. The van der Waals surface area contributed by atoms with Crippen molar-refractivity contribution in [3.05, 3.63) is 89.2 Å². The quantitative estimate of drug-likeness (QED) is 0.580. The lowest BCUT2D eigenvalue weighted by Crippen LogP contribution is -2.28. The third kappa shape index (κ3) is 3.32. The standard InChI is InChI=1S/C21H19N3O2/c1-14-17(9-6-12-23-14)21(26)24(2)19-13-16(10-11-18(19)22)20(25)15-7-4-3-5-8-15/h3-13H,22H2,1-2H3. The van der Waals surface area contributed by atoms with E-state index < -0.39 is 0 Å². The minimum Gasteiger partial charge on any atom is -0.397 e. The van der Waals surface area contributed by atoms with Gasteiger partial charge in [-0.2, -0.15) is 0 Å². The molecule has 0 radical (unpaired) electrons. The number of pyridine rings is 1. The Morgan fingerprint density at radius 2 is 1.69 bits per heavy atom. The number of rotatable bonds is 4. The molecular weight excluding hydrogens is 326 g/mol. The molecule has 0 fully saturated rings. The monoisotopic (exact) mass is 345 g/mol. The molecule has 0 saturated heterocycles. The number of hydrogen-bond acceptors (Lipinski definition) is 4. The fraction of sp³-hybridized carbons (Fsp3) is 0.0952. The van der Waals surface area contributed by atoms with Crippen molar-refractivity contribution in [2.24, 2.45) is 0 Å². The van der Waals surface area contributed by atoms with Crippen LogP contribution >= 0.6 is 0 Å². The van der Waals surface area contributed by atoms with E-state index >= 15 is 0 Å². The lowest BCUT2D eigenvalue weighted by molar-refractivity contribution is 0.0989. The summed E-state index contributed by atoms with van der Waals surface area (Å²) in [4.78, 5) is 31.1. The van der Waals surface area contributed by atoms with Crippen LogP contribution in [0.25, 0.3) is 0 Å². The number of benzene rings is 2. The summed E-state index contributed by atoms with van der Waals surface area (Å²) < 4.78 is 0. The topological polar surface area (TPSA) is 76.3 Å². The van der Waals surface area contributed by atoms with Gasteiger partial charge in [0.25, 0.3) is 5.91 Å². The van der Waals surface area contributed by atoms with Crippen molar-refractivity contribution in [1.82, 2.24) is 4.98 Å². The predicted octanol–water partition coefficient (Wildman–Crippen LogP) is 3.48. The van der Waals surface area contributed by atoms with E-state index in [2.05, 4.69) is 4.98 Å². The number of carbonyl (C=O) groups is 2. The van der Waals surface area contributed by atoms with Crippen LogP contribution in [0.3, 0.4) is 0 Å². The summed E-state index contributed by atoms with van der Waals surface area (Å²) in [6.07, 6.45) is 1.64. The second kappa shape index (κ2) is 7.19. The second-order valence-corrected chi connectivity index (χ2v) is 5.97. The van der Waals surface area contributed by atoms with Gasteiger partial charge in [-0.15, -0.1) is 0 Å². The molecule has 2 aromatic carbocycles. The van der Waals surface area contributed by atoms with Crippen LogP contribution in [0.5, 0.6) is 0 Å². The molecule has 0 aliphatic rings. The summed E-state index contributed by atoms with van der Waals surface area (Å²) >= 11 is 0. The Kier molecular flexibility index (Phi) is 4.80. The Bertz CT molecular complexity index is 968. The van der Waals surface area contributed by atoms with Crippen LogP contribution in [-0.4, -0.2) is 23.7 Å². The van der Waals surface area contributed by atoms with Gasteiger partial charge in [-0.3, -0.25) is 14.6 Å². The Morgan fingerprint density at radius 3 is 2.38 bits per heavy atom. The Labute approximate surface area is 152 Å². The number of hydrogen-bond donors (Lipinski definition) is 1. The van der Waals surface area contributed by atoms with Gasteiger partial charge in [-0.1, -0.05) is 30.3 Å². The smallest absolute Gasteiger partial charge is 0.259 e. The number of nitrogen functional groups attached to an aromatic ring is 1. The number of aromatic nitrogens is 1. The molecule has 1 aromatic heterocycles. The van der Waals surface area contributed by atoms with E-state index in [1.165, 1.54) is 4.90 Å². The number of nitrogens with zero attached hydrogens (tertiary/aromatic N) is 2. The molecule has 0 atom stereocenters. The second-order valence-electron chi connectivity index (χ2n) is 5.97. The lowest BCUT2D eigenvalue weighted by atomic mass is 10.0. The Hall–Kier alpha value is -3.47. The molecule has 0 aliphatic carbocycles. The summed E-state index contributed by atoms with van der Waals surface area (Å²) in [5, 5.41) is 0. The molecule has 130 valence electrons. The fourth-order valence-corrected chi connectivity index (χ4v) is 2.73. The van der Waals surface area contributed by atoms with Crippen LogP contribution in [0.1, 0.15) is 32.0 Å². The summed E-state index contributed by atoms with van der Waals surface area (Å²) in [5.41, 5.74) is 9.16. The first-order valence-electron chi connectivity index (χ1n) is 8.18. The summed E-state index contributed by atoms with van der Waals surface area (Å²) in [6.45, 7) is 1.78. The lowest BCUT2D eigenvalue weighted by Gasteiger charge is -2.20. The van der Waals surface area contributed by atoms with Crippen molar-refractivity contribution in [3.8, 4) is 0 Å². The zero-order valence-electron chi connectivity index (χ0n) is 14.6. The van der Waals surface area contributed by atoms with E-state index in [4.69, 9.17) is 5.73 Å². The van der Waals surface area contributed by atoms with Gasteiger partial charge in [0.15, 0.2) is 5.78 Å². The number of aryl methyl sites for hydroxylation is 1. The van der Waals surface area contributed by atoms with Crippen LogP contribution < -0.4 is 10.6 Å². The van der Waals surface area contributed by atoms with E-state index in [9.17, 15) is 9.59 Å². The van der Waals surface area contributed by atoms with E-state index in [1.807, 2.05) is 18.2 Å². The number of carbonyl (C=O) groups excluding carboxylic acids is 2. The maximum Gasteiger partial charge on any atom is 0.259 e. The van der Waals surface area contributed by atoms with E-state index in [-0.39, 0.29) is 11.7 Å². The van der Waals surface area contributed by atoms with Gasteiger partial charge in [-0.05, 0) is 37.3 Å². The highest BCUT2D eigenvalue weighted by Crippen LogP contribution is 2.26.